The summed E-state index contributed by atoms with van der Waals surface area (Å²) in [6, 6.07) is 5.00. The van der Waals surface area contributed by atoms with Gasteiger partial charge in [0.2, 0.25) is 10.0 Å². The van der Waals surface area contributed by atoms with Gasteiger partial charge in [-0.15, -0.1) is 0 Å². The van der Waals surface area contributed by atoms with Crippen LogP contribution in [0.3, 0.4) is 0 Å². The second-order valence-corrected chi connectivity index (χ2v) is 6.47. The molecule has 0 unspecified atom stereocenters. The Labute approximate surface area is 99.5 Å². The summed E-state index contributed by atoms with van der Waals surface area (Å²) in [7, 11) is -3.46. The van der Waals surface area contributed by atoms with Crippen molar-refractivity contribution in [3.8, 4) is 0 Å². The molecule has 2 heterocycles. The van der Waals surface area contributed by atoms with Gasteiger partial charge in [0.25, 0.3) is 0 Å². The normalized spacial score (nSPS) is 23.1. The summed E-state index contributed by atoms with van der Waals surface area (Å²) in [5.41, 5.74) is -0.215. The molecule has 0 aromatic heterocycles. The highest BCUT2D eigenvalue weighted by atomic mass is 32.2. The Bertz CT molecular complexity index is 532. The van der Waals surface area contributed by atoms with Crippen LogP contribution >= 0.6 is 0 Å². The summed E-state index contributed by atoms with van der Waals surface area (Å²) >= 11 is 0. The van der Waals surface area contributed by atoms with E-state index in [0.717, 1.165) is 6.42 Å². The van der Waals surface area contributed by atoms with Crippen LogP contribution in [-0.2, 0) is 10.0 Å². The van der Waals surface area contributed by atoms with Gasteiger partial charge in [-0.25, -0.2) is 12.8 Å². The van der Waals surface area contributed by atoms with E-state index in [1.54, 1.807) is 0 Å². The molecule has 1 aromatic carbocycles. The van der Waals surface area contributed by atoms with Crippen LogP contribution in [0.2, 0.25) is 0 Å². The Kier molecular flexibility index (Phi) is 2.30. The molecule has 4 nitrogen and oxygen atoms in total. The number of benzene rings is 1. The Morgan fingerprint density at radius 2 is 1.88 bits per heavy atom. The minimum absolute atomic E-state index is 0.171. The fourth-order valence-electron chi connectivity index (χ4n) is 2.39. The van der Waals surface area contributed by atoms with Gasteiger partial charge >= 0.3 is 0 Å². The molecule has 17 heavy (non-hydrogen) atoms. The largest absolute Gasteiger partial charge is 0.313 e. The first kappa shape index (κ1) is 11.1. The van der Waals surface area contributed by atoms with E-state index in [-0.39, 0.29) is 10.4 Å². The molecule has 0 radical (unpaired) electrons. The number of halogens is 1. The summed E-state index contributed by atoms with van der Waals surface area (Å²) in [4.78, 5) is 0.171. The maximum absolute atomic E-state index is 12.8. The molecule has 1 aromatic rings. The first-order valence-electron chi connectivity index (χ1n) is 5.54. The van der Waals surface area contributed by atoms with Crippen LogP contribution in [-0.4, -0.2) is 37.9 Å². The van der Waals surface area contributed by atoms with Gasteiger partial charge in [-0.05, 0) is 30.7 Å². The number of nitrogens with one attached hydrogen (secondary N) is 1. The van der Waals surface area contributed by atoms with Crippen molar-refractivity contribution in [2.75, 3.05) is 19.6 Å². The van der Waals surface area contributed by atoms with Crippen molar-refractivity contribution >= 4 is 10.0 Å². The molecule has 6 heteroatoms. The summed E-state index contributed by atoms with van der Waals surface area (Å²) in [5.74, 6) is -0.424. The Hall–Kier alpha value is -0.980. The van der Waals surface area contributed by atoms with Crippen LogP contribution in [0, 0.1) is 5.82 Å². The molecule has 1 spiro atoms. The fraction of sp³-hybridized carbons (Fsp3) is 0.455. The third-order valence-electron chi connectivity index (χ3n) is 3.62. The number of rotatable bonds is 2. The Morgan fingerprint density at radius 3 is 2.29 bits per heavy atom. The zero-order valence-corrected chi connectivity index (χ0v) is 10.0. The van der Waals surface area contributed by atoms with E-state index in [1.165, 1.54) is 28.6 Å². The predicted molar refractivity (Wildman–Crippen MR) is 60.5 cm³/mol. The van der Waals surface area contributed by atoms with E-state index in [0.29, 0.717) is 19.6 Å². The van der Waals surface area contributed by atoms with Gasteiger partial charge in [0.05, 0.1) is 10.4 Å². The Balaban J connectivity index is 1.93. The fourth-order valence-corrected chi connectivity index (χ4v) is 4.19. The second-order valence-electron chi connectivity index (χ2n) is 4.61. The van der Waals surface area contributed by atoms with Gasteiger partial charge in [-0.1, -0.05) is 0 Å². The molecular formula is C11H13FN2O2S. The van der Waals surface area contributed by atoms with Crippen molar-refractivity contribution in [2.45, 2.75) is 16.9 Å². The molecule has 0 amide bonds. The highest BCUT2D eigenvalue weighted by molar-refractivity contribution is 7.89. The summed E-state index contributed by atoms with van der Waals surface area (Å²) in [6.45, 7) is 1.99. The van der Waals surface area contributed by atoms with Gasteiger partial charge in [-0.3, -0.25) is 0 Å². The molecule has 92 valence electrons. The minimum Gasteiger partial charge on any atom is -0.313 e. The lowest BCUT2D eigenvalue weighted by Crippen LogP contribution is -2.76. The Morgan fingerprint density at radius 1 is 1.24 bits per heavy atom. The van der Waals surface area contributed by atoms with Gasteiger partial charge in [0.1, 0.15) is 5.82 Å². The first-order chi connectivity index (χ1) is 8.05. The quantitative estimate of drug-likeness (QED) is 0.841. The molecule has 1 N–H and O–H groups in total. The molecule has 2 saturated heterocycles. The SMILES string of the molecule is O=S(=O)(c1ccc(F)cc1)N1CCC12CNC2. The highest BCUT2D eigenvalue weighted by Gasteiger charge is 2.54. The summed E-state index contributed by atoms with van der Waals surface area (Å²) in [6.07, 6.45) is 0.903. The van der Waals surface area contributed by atoms with Crippen molar-refractivity contribution in [1.82, 2.24) is 9.62 Å². The molecule has 3 rings (SSSR count). The third-order valence-corrected chi connectivity index (χ3v) is 5.64. The summed E-state index contributed by atoms with van der Waals surface area (Å²) < 4.78 is 38.9. The van der Waals surface area contributed by atoms with E-state index < -0.39 is 15.8 Å². The van der Waals surface area contributed by atoms with Gasteiger partial charge < -0.3 is 5.32 Å². The van der Waals surface area contributed by atoms with Crippen LogP contribution in [0.25, 0.3) is 0 Å². The smallest absolute Gasteiger partial charge is 0.243 e. The third kappa shape index (κ3) is 1.51. The average molecular weight is 256 g/mol. The maximum Gasteiger partial charge on any atom is 0.243 e. The van der Waals surface area contributed by atoms with Crippen LogP contribution < -0.4 is 5.32 Å². The second kappa shape index (κ2) is 3.51. The van der Waals surface area contributed by atoms with Gasteiger partial charge in [0, 0.05) is 19.6 Å². The molecule has 0 bridgehead atoms. The van der Waals surface area contributed by atoms with E-state index in [1.807, 2.05) is 0 Å². The standard InChI is InChI=1S/C11H13FN2O2S/c12-9-1-3-10(4-2-9)17(15,16)14-6-5-11(14)7-13-8-11/h1-4,13H,5-8H2. The van der Waals surface area contributed by atoms with Crippen molar-refractivity contribution in [3.05, 3.63) is 30.1 Å². The maximum atomic E-state index is 12.8. The number of hydrogen-bond acceptors (Lipinski definition) is 3. The van der Waals surface area contributed by atoms with Crippen molar-refractivity contribution in [1.29, 1.82) is 0 Å². The van der Waals surface area contributed by atoms with Crippen LogP contribution in [0.1, 0.15) is 6.42 Å². The lowest BCUT2D eigenvalue weighted by atomic mass is 9.82. The van der Waals surface area contributed by atoms with Crippen LogP contribution in [0.15, 0.2) is 29.2 Å². The monoisotopic (exact) mass is 256 g/mol. The lowest BCUT2D eigenvalue weighted by molar-refractivity contribution is 0.0199. The minimum atomic E-state index is -3.46. The van der Waals surface area contributed by atoms with E-state index in [4.69, 9.17) is 0 Å². The van der Waals surface area contributed by atoms with E-state index in [9.17, 15) is 12.8 Å². The summed E-state index contributed by atoms with van der Waals surface area (Å²) in [5, 5.41) is 3.10. The first-order valence-corrected chi connectivity index (χ1v) is 6.98. The average Bonchev–Trinajstić information content (AvgIpc) is 2.13. The number of sulfonamides is 1. The predicted octanol–water partition coefficient (Wildman–Crippen LogP) is 0.562. The number of nitrogens with zero attached hydrogens (tertiary/aromatic N) is 1. The zero-order valence-electron chi connectivity index (χ0n) is 9.19. The molecule has 2 aliphatic heterocycles. The molecule has 0 atom stereocenters. The molecular weight excluding hydrogens is 243 g/mol. The zero-order chi connectivity index (χ0) is 12.1. The van der Waals surface area contributed by atoms with Crippen LogP contribution in [0.5, 0.6) is 0 Å². The van der Waals surface area contributed by atoms with Crippen molar-refractivity contribution < 1.29 is 12.8 Å². The lowest BCUT2D eigenvalue weighted by Gasteiger charge is -2.57. The molecule has 2 fully saturated rings. The van der Waals surface area contributed by atoms with E-state index in [2.05, 4.69) is 5.32 Å². The number of hydrogen-bond donors (Lipinski definition) is 1. The molecule has 0 saturated carbocycles. The van der Waals surface area contributed by atoms with Crippen LogP contribution in [0.4, 0.5) is 4.39 Å². The molecule has 2 aliphatic rings. The van der Waals surface area contributed by atoms with E-state index >= 15 is 0 Å². The van der Waals surface area contributed by atoms with Gasteiger partial charge in [0.15, 0.2) is 0 Å². The van der Waals surface area contributed by atoms with Crippen molar-refractivity contribution in [2.24, 2.45) is 0 Å². The topological polar surface area (TPSA) is 49.4 Å². The van der Waals surface area contributed by atoms with Crippen molar-refractivity contribution in [3.63, 3.8) is 0 Å². The van der Waals surface area contributed by atoms with Gasteiger partial charge in [-0.2, -0.15) is 4.31 Å². The molecule has 0 aliphatic carbocycles. The highest BCUT2D eigenvalue weighted by Crippen LogP contribution is 2.38.